The summed E-state index contributed by atoms with van der Waals surface area (Å²) in [6, 6.07) is 0. The standard InChI is InChI=1S/C9H13FN2O/c10-9(7-13)3-1-2-5-12-6-4-11-8-12/h4,6-9H,1-3,5H2. The van der Waals surface area contributed by atoms with Crippen LogP contribution in [0, 0.1) is 0 Å². The number of aldehydes is 1. The van der Waals surface area contributed by atoms with Gasteiger partial charge in [0.1, 0.15) is 0 Å². The van der Waals surface area contributed by atoms with Crippen molar-refractivity contribution in [3.63, 3.8) is 0 Å². The van der Waals surface area contributed by atoms with Crippen LogP contribution in [0.4, 0.5) is 4.39 Å². The minimum absolute atomic E-state index is 0.332. The van der Waals surface area contributed by atoms with Gasteiger partial charge in [-0.2, -0.15) is 0 Å². The SMILES string of the molecule is O=CC(F)CCCCn1ccnc1. The maximum absolute atomic E-state index is 12.4. The molecule has 0 spiro atoms. The quantitative estimate of drug-likeness (QED) is 0.497. The van der Waals surface area contributed by atoms with Gasteiger partial charge in [0.05, 0.1) is 6.33 Å². The van der Waals surface area contributed by atoms with Crippen molar-refractivity contribution < 1.29 is 9.18 Å². The average molecular weight is 184 g/mol. The van der Waals surface area contributed by atoms with Crippen molar-refractivity contribution in [3.8, 4) is 0 Å². The molecule has 0 radical (unpaired) electrons. The zero-order valence-corrected chi connectivity index (χ0v) is 7.40. The number of halogens is 1. The first-order valence-corrected chi connectivity index (χ1v) is 4.38. The van der Waals surface area contributed by atoms with Crippen molar-refractivity contribution in [2.45, 2.75) is 32.0 Å². The summed E-state index contributed by atoms with van der Waals surface area (Å²) in [4.78, 5) is 13.8. The number of carbonyl (C=O) groups excluding carboxylic acids is 1. The van der Waals surface area contributed by atoms with Crippen LogP contribution in [0.15, 0.2) is 18.7 Å². The molecule has 1 unspecified atom stereocenters. The number of hydrogen-bond acceptors (Lipinski definition) is 2. The van der Waals surface area contributed by atoms with E-state index in [1.807, 2.05) is 10.8 Å². The van der Waals surface area contributed by atoms with E-state index in [1.54, 1.807) is 12.5 Å². The summed E-state index contributed by atoms with van der Waals surface area (Å²) in [6.07, 6.45) is 6.32. The normalized spacial score (nSPS) is 12.7. The van der Waals surface area contributed by atoms with Gasteiger partial charge in [0.15, 0.2) is 12.5 Å². The van der Waals surface area contributed by atoms with Gasteiger partial charge in [0.2, 0.25) is 0 Å². The monoisotopic (exact) mass is 184 g/mol. The molecule has 72 valence electrons. The van der Waals surface area contributed by atoms with E-state index in [0.29, 0.717) is 12.7 Å². The van der Waals surface area contributed by atoms with Gasteiger partial charge in [0, 0.05) is 18.9 Å². The summed E-state index contributed by atoms with van der Waals surface area (Å²) >= 11 is 0. The Morgan fingerprint density at radius 2 is 2.38 bits per heavy atom. The van der Waals surface area contributed by atoms with Crippen LogP contribution in [-0.4, -0.2) is 22.0 Å². The van der Waals surface area contributed by atoms with Crippen LogP contribution in [0.2, 0.25) is 0 Å². The fourth-order valence-electron chi connectivity index (χ4n) is 1.12. The predicted octanol–water partition coefficient (Wildman–Crippen LogP) is 1.59. The lowest BCUT2D eigenvalue weighted by atomic mass is 10.2. The molecule has 4 heteroatoms. The number of alkyl halides is 1. The molecule has 1 aromatic heterocycles. The molecule has 0 aliphatic carbocycles. The number of aryl methyl sites for hydroxylation is 1. The highest BCUT2D eigenvalue weighted by Gasteiger charge is 2.02. The third kappa shape index (κ3) is 3.83. The van der Waals surface area contributed by atoms with Crippen LogP contribution in [0.1, 0.15) is 19.3 Å². The van der Waals surface area contributed by atoms with E-state index in [9.17, 15) is 9.18 Å². The van der Waals surface area contributed by atoms with Crippen molar-refractivity contribution in [2.75, 3.05) is 0 Å². The Kier molecular flexibility index (Phi) is 4.15. The number of unbranched alkanes of at least 4 members (excludes halogenated alkanes) is 1. The molecule has 1 aromatic rings. The van der Waals surface area contributed by atoms with Crippen LogP contribution >= 0.6 is 0 Å². The number of imidazole rings is 1. The predicted molar refractivity (Wildman–Crippen MR) is 47.0 cm³/mol. The van der Waals surface area contributed by atoms with Crippen molar-refractivity contribution in [2.24, 2.45) is 0 Å². The topological polar surface area (TPSA) is 34.9 Å². The Balaban J connectivity index is 2.05. The molecule has 0 aliphatic heterocycles. The van der Waals surface area contributed by atoms with E-state index in [0.717, 1.165) is 19.4 Å². The third-order valence-electron chi connectivity index (χ3n) is 1.85. The zero-order chi connectivity index (χ0) is 9.52. The first-order valence-electron chi connectivity index (χ1n) is 4.38. The van der Waals surface area contributed by atoms with Gasteiger partial charge in [-0.25, -0.2) is 9.37 Å². The Labute approximate surface area is 76.6 Å². The van der Waals surface area contributed by atoms with Crippen LogP contribution in [0.3, 0.4) is 0 Å². The molecule has 0 saturated heterocycles. The molecular weight excluding hydrogens is 171 g/mol. The van der Waals surface area contributed by atoms with Crippen molar-refractivity contribution >= 4 is 6.29 Å². The molecule has 0 fully saturated rings. The average Bonchev–Trinajstić information content (AvgIpc) is 2.64. The first kappa shape index (κ1) is 9.89. The van der Waals surface area contributed by atoms with E-state index in [4.69, 9.17) is 0 Å². The summed E-state index contributed by atoms with van der Waals surface area (Å²) in [7, 11) is 0. The summed E-state index contributed by atoms with van der Waals surface area (Å²) in [5.41, 5.74) is 0. The number of nitrogens with zero attached hydrogens (tertiary/aromatic N) is 2. The largest absolute Gasteiger partial charge is 0.337 e. The van der Waals surface area contributed by atoms with E-state index in [-0.39, 0.29) is 0 Å². The number of hydrogen-bond donors (Lipinski definition) is 0. The fraction of sp³-hybridized carbons (Fsp3) is 0.556. The fourth-order valence-corrected chi connectivity index (χ4v) is 1.12. The molecule has 3 nitrogen and oxygen atoms in total. The summed E-state index contributed by atoms with van der Waals surface area (Å²) in [5, 5.41) is 0. The maximum Gasteiger partial charge on any atom is 0.155 e. The highest BCUT2D eigenvalue weighted by Crippen LogP contribution is 2.03. The Morgan fingerprint density at radius 3 is 3.00 bits per heavy atom. The second kappa shape index (κ2) is 5.45. The highest BCUT2D eigenvalue weighted by atomic mass is 19.1. The summed E-state index contributed by atoms with van der Waals surface area (Å²) in [6.45, 7) is 0.839. The first-order chi connectivity index (χ1) is 6.33. The lowest BCUT2D eigenvalue weighted by Gasteiger charge is -2.01. The van der Waals surface area contributed by atoms with Gasteiger partial charge in [-0.05, 0) is 19.3 Å². The summed E-state index contributed by atoms with van der Waals surface area (Å²) < 4.78 is 14.3. The lowest BCUT2D eigenvalue weighted by molar-refractivity contribution is -0.112. The molecule has 0 saturated carbocycles. The molecule has 0 aromatic carbocycles. The lowest BCUT2D eigenvalue weighted by Crippen LogP contribution is -2.02. The molecule has 1 heterocycles. The molecule has 0 N–H and O–H groups in total. The molecule has 0 aliphatic rings. The minimum Gasteiger partial charge on any atom is -0.337 e. The maximum atomic E-state index is 12.4. The van der Waals surface area contributed by atoms with Gasteiger partial charge < -0.3 is 9.36 Å². The molecular formula is C9H13FN2O. The van der Waals surface area contributed by atoms with E-state index in [2.05, 4.69) is 4.98 Å². The van der Waals surface area contributed by atoms with E-state index in [1.165, 1.54) is 0 Å². The van der Waals surface area contributed by atoms with Crippen LogP contribution in [0.25, 0.3) is 0 Å². The minimum atomic E-state index is -1.29. The zero-order valence-electron chi connectivity index (χ0n) is 7.40. The van der Waals surface area contributed by atoms with Gasteiger partial charge in [0.25, 0.3) is 0 Å². The molecule has 13 heavy (non-hydrogen) atoms. The third-order valence-corrected chi connectivity index (χ3v) is 1.85. The van der Waals surface area contributed by atoms with Gasteiger partial charge in [-0.15, -0.1) is 0 Å². The van der Waals surface area contributed by atoms with Crippen molar-refractivity contribution in [1.29, 1.82) is 0 Å². The van der Waals surface area contributed by atoms with Gasteiger partial charge in [-0.1, -0.05) is 0 Å². The Hall–Kier alpha value is -1.19. The molecule has 0 amide bonds. The van der Waals surface area contributed by atoms with Gasteiger partial charge in [-0.3, -0.25) is 0 Å². The molecule has 0 bridgehead atoms. The number of carbonyl (C=O) groups is 1. The second-order valence-corrected chi connectivity index (χ2v) is 2.95. The number of aromatic nitrogens is 2. The van der Waals surface area contributed by atoms with Crippen molar-refractivity contribution in [3.05, 3.63) is 18.7 Å². The van der Waals surface area contributed by atoms with E-state index < -0.39 is 6.17 Å². The molecule has 1 rings (SSSR count). The Morgan fingerprint density at radius 1 is 1.54 bits per heavy atom. The van der Waals surface area contributed by atoms with Crippen LogP contribution in [-0.2, 0) is 11.3 Å². The second-order valence-electron chi connectivity index (χ2n) is 2.95. The number of rotatable bonds is 6. The van der Waals surface area contributed by atoms with Gasteiger partial charge >= 0.3 is 0 Å². The summed E-state index contributed by atoms with van der Waals surface area (Å²) in [5.74, 6) is 0. The molecule has 1 atom stereocenters. The smallest absolute Gasteiger partial charge is 0.155 e. The van der Waals surface area contributed by atoms with Crippen LogP contribution in [0.5, 0.6) is 0 Å². The van der Waals surface area contributed by atoms with E-state index >= 15 is 0 Å². The highest BCUT2D eigenvalue weighted by molar-refractivity contribution is 5.55. The Bertz CT molecular complexity index is 236. The van der Waals surface area contributed by atoms with Crippen LogP contribution < -0.4 is 0 Å². The van der Waals surface area contributed by atoms with Crippen molar-refractivity contribution in [1.82, 2.24) is 9.55 Å².